The first-order chi connectivity index (χ1) is 10.3. The number of aryl methyl sites for hydroxylation is 1. The molecule has 1 aliphatic rings. The van der Waals surface area contributed by atoms with Gasteiger partial charge < -0.3 is 0 Å². The monoisotopic (exact) mass is 275 g/mol. The Kier molecular flexibility index (Phi) is 3.14. The van der Waals surface area contributed by atoms with Crippen molar-refractivity contribution in [3.8, 4) is 0 Å². The molecule has 0 atom stereocenters. The standard InChI is InChI=1S/C20H21N/c1-14-12-21-13-20-18(14)9-8-17-11-16(7-10-19(17)20)15-5-3-2-4-6-15/h7-13,15H,2-6H2,1H3. The number of pyridine rings is 1. The largest absolute Gasteiger partial charge is 0.264 e. The van der Waals surface area contributed by atoms with Gasteiger partial charge in [-0.2, -0.15) is 0 Å². The van der Waals surface area contributed by atoms with Crippen LogP contribution in [0.15, 0.2) is 42.7 Å². The number of nitrogens with zero attached hydrogens (tertiary/aromatic N) is 1. The number of aromatic nitrogens is 1. The Morgan fingerprint density at radius 1 is 0.857 bits per heavy atom. The van der Waals surface area contributed by atoms with Gasteiger partial charge >= 0.3 is 0 Å². The third-order valence-electron chi connectivity index (χ3n) is 5.06. The van der Waals surface area contributed by atoms with Crippen LogP contribution in [0.1, 0.15) is 49.1 Å². The fourth-order valence-corrected chi connectivity index (χ4v) is 3.84. The predicted molar refractivity (Wildman–Crippen MR) is 89.8 cm³/mol. The van der Waals surface area contributed by atoms with Crippen molar-refractivity contribution < 1.29 is 0 Å². The summed E-state index contributed by atoms with van der Waals surface area (Å²) in [5.74, 6) is 0.773. The molecule has 0 radical (unpaired) electrons. The number of hydrogen-bond donors (Lipinski definition) is 0. The van der Waals surface area contributed by atoms with Crippen LogP contribution >= 0.6 is 0 Å². The van der Waals surface area contributed by atoms with E-state index >= 15 is 0 Å². The van der Waals surface area contributed by atoms with Crippen LogP contribution in [0, 0.1) is 6.92 Å². The van der Waals surface area contributed by atoms with Gasteiger partial charge in [-0.3, -0.25) is 4.98 Å². The summed E-state index contributed by atoms with van der Waals surface area (Å²) < 4.78 is 0. The molecule has 1 saturated carbocycles. The van der Waals surface area contributed by atoms with Crippen LogP contribution < -0.4 is 0 Å². The first kappa shape index (κ1) is 12.8. The van der Waals surface area contributed by atoms with Gasteiger partial charge in [0.05, 0.1) is 0 Å². The maximum Gasteiger partial charge on any atom is 0.0352 e. The van der Waals surface area contributed by atoms with Crippen molar-refractivity contribution in [1.29, 1.82) is 0 Å². The van der Waals surface area contributed by atoms with Crippen LogP contribution in [0.4, 0.5) is 0 Å². The van der Waals surface area contributed by atoms with Gasteiger partial charge in [-0.25, -0.2) is 0 Å². The lowest BCUT2D eigenvalue weighted by Gasteiger charge is -2.22. The molecular weight excluding hydrogens is 254 g/mol. The lowest BCUT2D eigenvalue weighted by molar-refractivity contribution is 0.444. The molecule has 0 unspecified atom stereocenters. The van der Waals surface area contributed by atoms with Crippen molar-refractivity contribution in [2.75, 3.05) is 0 Å². The molecule has 3 aromatic rings. The summed E-state index contributed by atoms with van der Waals surface area (Å²) in [6.45, 7) is 2.14. The Balaban J connectivity index is 1.87. The quantitative estimate of drug-likeness (QED) is 0.516. The van der Waals surface area contributed by atoms with Gasteiger partial charge in [0.2, 0.25) is 0 Å². The van der Waals surface area contributed by atoms with E-state index in [0.29, 0.717) is 0 Å². The third-order valence-corrected chi connectivity index (χ3v) is 5.06. The van der Waals surface area contributed by atoms with Crippen molar-refractivity contribution in [3.05, 3.63) is 53.9 Å². The molecule has 21 heavy (non-hydrogen) atoms. The van der Waals surface area contributed by atoms with Gasteiger partial charge in [-0.1, -0.05) is 49.6 Å². The average molecular weight is 275 g/mol. The van der Waals surface area contributed by atoms with Crippen molar-refractivity contribution in [3.63, 3.8) is 0 Å². The molecule has 0 N–H and O–H groups in total. The Hall–Kier alpha value is -1.89. The van der Waals surface area contributed by atoms with Crippen molar-refractivity contribution in [2.24, 2.45) is 0 Å². The highest BCUT2D eigenvalue weighted by Crippen LogP contribution is 2.35. The molecule has 0 spiro atoms. The highest BCUT2D eigenvalue weighted by atomic mass is 14.6. The van der Waals surface area contributed by atoms with E-state index in [0.717, 1.165) is 5.92 Å². The van der Waals surface area contributed by atoms with E-state index in [1.54, 1.807) is 0 Å². The molecule has 0 amide bonds. The maximum absolute atomic E-state index is 4.37. The molecular formula is C20H21N. The second kappa shape index (κ2) is 5.14. The Labute approximate surface area is 126 Å². The van der Waals surface area contributed by atoms with E-state index in [2.05, 4.69) is 42.2 Å². The first-order valence-electron chi connectivity index (χ1n) is 8.10. The van der Waals surface area contributed by atoms with E-state index in [1.165, 1.54) is 64.8 Å². The van der Waals surface area contributed by atoms with E-state index in [1.807, 2.05) is 12.4 Å². The van der Waals surface area contributed by atoms with E-state index in [9.17, 15) is 0 Å². The zero-order chi connectivity index (χ0) is 14.2. The van der Waals surface area contributed by atoms with Crippen molar-refractivity contribution in [1.82, 2.24) is 4.98 Å². The molecule has 0 bridgehead atoms. The van der Waals surface area contributed by atoms with Gasteiger partial charge in [0, 0.05) is 17.8 Å². The van der Waals surface area contributed by atoms with Gasteiger partial charge in [-0.05, 0) is 53.0 Å². The van der Waals surface area contributed by atoms with Crippen LogP contribution in [-0.2, 0) is 0 Å². The molecule has 4 rings (SSSR count). The average Bonchev–Trinajstić information content (AvgIpc) is 2.55. The Bertz CT molecular complexity index is 797. The molecule has 1 nitrogen and oxygen atoms in total. The van der Waals surface area contributed by atoms with Crippen LogP contribution in [0.25, 0.3) is 21.5 Å². The smallest absolute Gasteiger partial charge is 0.0352 e. The summed E-state index contributed by atoms with van der Waals surface area (Å²) in [7, 11) is 0. The molecule has 1 aliphatic carbocycles. The zero-order valence-corrected chi connectivity index (χ0v) is 12.6. The fraction of sp³-hybridized carbons (Fsp3) is 0.350. The summed E-state index contributed by atoms with van der Waals surface area (Å²) in [4.78, 5) is 4.37. The maximum atomic E-state index is 4.37. The number of fused-ring (bicyclic) bond motifs is 3. The molecule has 1 heteroatoms. The molecule has 0 saturated heterocycles. The van der Waals surface area contributed by atoms with Crippen molar-refractivity contribution >= 4 is 21.5 Å². The number of rotatable bonds is 1. The van der Waals surface area contributed by atoms with Gasteiger partial charge in [0.1, 0.15) is 0 Å². The van der Waals surface area contributed by atoms with Crippen LogP contribution in [-0.4, -0.2) is 4.98 Å². The van der Waals surface area contributed by atoms with Gasteiger partial charge in [-0.15, -0.1) is 0 Å². The highest BCUT2D eigenvalue weighted by Gasteiger charge is 2.16. The van der Waals surface area contributed by atoms with Gasteiger partial charge in [0.25, 0.3) is 0 Å². The summed E-state index contributed by atoms with van der Waals surface area (Å²) in [6.07, 6.45) is 10.9. The van der Waals surface area contributed by atoms with E-state index in [-0.39, 0.29) is 0 Å². The van der Waals surface area contributed by atoms with Crippen molar-refractivity contribution in [2.45, 2.75) is 44.9 Å². The number of benzene rings is 2. The third kappa shape index (κ3) is 2.21. The predicted octanol–water partition coefficient (Wildman–Crippen LogP) is 5.74. The summed E-state index contributed by atoms with van der Waals surface area (Å²) in [5, 5.41) is 5.30. The highest BCUT2D eigenvalue weighted by molar-refractivity contribution is 6.08. The molecule has 1 heterocycles. The van der Waals surface area contributed by atoms with Crippen LogP contribution in [0.3, 0.4) is 0 Å². The summed E-state index contributed by atoms with van der Waals surface area (Å²) >= 11 is 0. The SMILES string of the molecule is Cc1cncc2c1ccc1cc(C3CCCCC3)ccc12. The molecule has 2 aromatic carbocycles. The fourth-order valence-electron chi connectivity index (χ4n) is 3.84. The lowest BCUT2D eigenvalue weighted by atomic mass is 9.83. The molecule has 1 fully saturated rings. The minimum absolute atomic E-state index is 0.773. The molecule has 1 aromatic heterocycles. The number of hydrogen-bond acceptors (Lipinski definition) is 1. The Morgan fingerprint density at radius 2 is 1.67 bits per heavy atom. The van der Waals surface area contributed by atoms with E-state index < -0.39 is 0 Å². The van der Waals surface area contributed by atoms with E-state index in [4.69, 9.17) is 0 Å². The van der Waals surface area contributed by atoms with Gasteiger partial charge in [0.15, 0.2) is 0 Å². The normalized spacial score (nSPS) is 16.6. The summed E-state index contributed by atoms with van der Waals surface area (Å²) in [6, 6.07) is 11.6. The minimum Gasteiger partial charge on any atom is -0.264 e. The molecule has 0 aliphatic heterocycles. The topological polar surface area (TPSA) is 12.9 Å². The molecule has 106 valence electrons. The minimum atomic E-state index is 0.773. The summed E-state index contributed by atoms with van der Waals surface area (Å²) in [5.41, 5.74) is 2.79. The lowest BCUT2D eigenvalue weighted by Crippen LogP contribution is -2.04. The second-order valence-electron chi connectivity index (χ2n) is 6.43. The first-order valence-corrected chi connectivity index (χ1v) is 8.10. The van der Waals surface area contributed by atoms with Crippen LogP contribution in [0.2, 0.25) is 0 Å². The Morgan fingerprint density at radius 3 is 2.52 bits per heavy atom. The van der Waals surface area contributed by atoms with Crippen LogP contribution in [0.5, 0.6) is 0 Å². The zero-order valence-electron chi connectivity index (χ0n) is 12.6. The second-order valence-corrected chi connectivity index (χ2v) is 6.43.